The van der Waals surface area contributed by atoms with E-state index in [1.165, 1.54) is 19.8 Å². The van der Waals surface area contributed by atoms with Crippen LogP contribution in [-0.2, 0) is 9.59 Å². The summed E-state index contributed by atoms with van der Waals surface area (Å²) in [5.41, 5.74) is -1.24. The van der Waals surface area contributed by atoms with Crippen LogP contribution in [0, 0.1) is 0 Å². The Morgan fingerprint density at radius 1 is 1.14 bits per heavy atom. The van der Waals surface area contributed by atoms with Crippen LogP contribution in [0.5, 0.6) is 0 Å². The van der Waals surface area contributed by atoms with Crippen molar-refractivity contribution in [2.75, 3.05) is 19.7 Å². The summed E-state index contributed by atoms with van der Waals surface area (Å²) in [4.78, 5) is 22.7. The maximum absolute atomic E-state index is 11.6. The van der Waals surface area contributed by atoms with Gasteiger partial charge >= 0.3 is 29.6 Å². The van der Waals surface area contributed by atoms with E-state index in [0.29, 0.717) is 6.42 Å². The van der Waals surface area contributed by atoms with Gasteiger partial charge in [0.05, 0.1) is 18.1 Å². The minimum Gasteiger partial charge on any atom is -0.548 e. The Hall–Kier alpha value is -0.140. The van der Waals surface area contributed by atoms with Crippen LogP contribution in [0.25, 0.3) is 0 Å². The third-order valence-corrected chi connectivity index (χ3v) is 3.53. The van der Waals surface area contributed by atoms with E-state index < -0.39 is 11.5 Å². The second-order valence-corrected chi connectivity index (χ2v) is 5.53. The summed E-state index contributed by atoms with van der Waals surface area (Å²) in [7, 11) is 0. The van der Waals surface area contributed by atoms with E-state index >= 15 is 0 Å². The van der Waals surface area contributed by atoms with E-state index in [4.69, 9.17) is 5.11 Å². The number of carbonyl (C=O) groups excluding carboxylic acids is 2. The van der Waals surface area contributed by atoms with Gasteiger partial charge in [0.25, 0.3) is 0 Å². The van der Waals surface area contributed by atoms with Gasteiger partial charge in [-0.05, 0) is 19.8 Å². The van der Waals surface area contributed by atoms with Crippen molar-refractivity contribution >= 4 is 11.9 Å². The molecule has 3 N–H and O–H groups in total. The van der Waals surface area contributed by atoms with E-state index in [0.717, 1.165) is 19.3 Å². The van der Waals surface area contributed by atoms with Crippen LogP contribution < -0.4 is 45.3 Å². The Morgan fingerprint density at radius 2 is 1.77 bits per heavy atom. The van der Waals surface area contributed by atoms with Crippen molar-refractivity contribution in [2.24, 2.45) is 0 Å². The average Bonchev–Trinajstić information content (AvgIpc) is 2.44. The molecule has 0 radical (unpaired) electrons. The number of hydrogen-bond donors (Lipinski definition) is 3. The first-order valence-electron chi connectivity index (χ1n) is 7.80. The van der Waals surface area contributed by atoms with Gasteiger partial charge in [0, 0.05) is 19.5 Å². The van der Waals surface area contributed by atoms with E-state index in [2.05, 4.69) is 17.6 Å². The van der Waals surface area contributed by atoms with Crippen LogP contribution >= 0.6 is 0 Å². The maximum Gasteiger partial charge on any atom is 1.00 e. The number of β-amino-alcohol motifs (C(OH)–C–C–N with tert-alkyl or cyclic N) is 1. The number of unbranched alkanes of at least 4 members (excludes halogenated alkanes) is 4. The molecule has 0 bridgehead atoms. The largest absolute Gasteiger partial charge is 1.00 e. The third-order valence-electron chi connectivity index (χ3n) is 3.53. The first-order chi connectivity index (χ1) is 9.96. The maximum atomic E-state index is 11.6. The fraction of sp³-hybridized carbons (Fsp3) is 0.867. The number of aliphatic carboxylic acids is 1. The zero-order valence-electron chi connectivity index (χ0n) is 14.2. The number of carbonyl (C=O) groups is 2. The SMILES string of the molecule is CCCCCCCC(=O)NCCC(C)(NCCO)C(=O)[O-].[Na+]. The fourth-order valence-electron chi connectivity index (χ4n) is 2.02. The molecule has 0 saturated heterocycles. The number of aliphatic hydroxyl groups is 1. The van der Waals surface area contributed by atoms with Gasteiger partial charge < -0.3 is 25.6 Å². The smallest absolute Gasteiger partial charge is 0.548 e. The Morgan fingerprint density at radius 3 is 2.32 bits per heavy atom. The molecule has 1 amide bonds. The normalized spacial score (nSPS) is 13.0. The second-order valence-electron chi connectivity index (χ2n) is 5.53. The summed E-state index contributed by atoms with van der Waals surface area (Å²) in [6.07, 6.45) is 6.14. The van der Waals surface area contributed by atoms with Crippen LogP contribution in [0.3, 0.4) is 0 Å². The molecular weight excluding hydrogens is 295 g/mol. The molecular formula is C15H29N2NaO4. The fourth-order valence-corrected chi connectivity index (χ4v) is 2.02. The molecule has 6 nitrogen and oxygen atoms in total. The number of carboxylic acids is 1. The van der Waals surface area contributed by atoms with Crippen LogP contribution in [0.2, 0.25) is 0 Å². The van der Waals surface area contributed by atoms with E-state index in [9.17, 15) is 14.7 Å². The molecule has 0 heterocycles. The van der Waals surface area contributed by atoms with Gasteiger partial charge in [-0.3, -0.25) is 4.79 Å². The molecule has 0 aliphatic heterocycles. The van der Waals surface area contributed by atoms with Crippen molar-refractivity contribution in [2.45, 2.75) is 64.3 Å². The molecule has 0 aromatic rings. The van der Waals surface area contributed by atoms with Gasteiger partial charge in [0.15, 0.2) is 0 Å². The summed E-state index contributed by atoms with van der Waals surface area (Å²) in [5.74, 6) is -1.28. The number of nitrogens with one attached hydrogen (secondary N) is 2. The Balaban J connectivity index is 0. The van der Waals surface area contributed by atoms with Crippen molar-refractivity contribution in [3.05, 3.63) is 0 Å². The number of carboxylic acid groups (broad SMARTS) is 1. The Kier molecular flexibility index (Phi) is 15.8. The molecule has 124 valence electrons. The first kappa shape index (κ1) is 24.1. The number of amides is 1. The van der Waals surface area contributed by atoms with Crippen molar-refractivity contribution < 1.29 is 49.4 Å². The molecule has 0 spiro atoms. The van der Waals surface area contributed by atoms with E-state index in [1.54, 1.807) is 0 Å². The molecule has 0 aromatic heterocycles. The molecule has 0 saturated carbocycles. The molecule has 0 aliphatic rings. The van der Waals surface area contributed by atoms with E-state index in [-0.39, 0.29) is 61.6 Å². The quantitative estimate of drug-likeness (QED) is 0.247. The van der Waals surface area contributed by atoms with Crippen LogP contribution in [0.1, 0.15) is 58.8 Å². The Bertz CT molecular complexity index is 316. The predicted octanol–water partition coefficient (Wildman–Crippen LogP) is -3.05. The summed E-state index contributed by atoms with van der Waals surface area (Å²) in [6, 6.07) is 0. The number of aliphatic hydroxyl groups excluding tert-OH is 1. The van der Waals surface area contributed by atoms with Gasteiger partial charge in [-0.15, -0.1) is 0 Å². The molecule has 22 heavy (non-hydrogen) atoms. The Labute approximate surface area is 155 Å². The van der Waals surface area contributed by atoms with E-state index in [1.807, 2.05) is 0 Å². The third kappa shape index (κ3) is 11.4. The molecule has 1 unspecified atom stereocenters. The zero-order valence-corrected chi connectivity index (χ0v) is 16.2. The summed E-state index contributed by atoms with van der Waals surface area (Å²) >= 11 is 0. The van der Waals surface area contributed by atoms with Gasteiger partial charge in [-0.2, -0.15) is 0 Å². The first-order valence-corrected chi connectivity index (χ1v) is 7.80. The van der Waals surface area contributed by atoms with Crippen molar-refractivity contribution in [3.8, 4) is 0 Å². The van der Waals surface area contributed by atoms with Crippen LogP contribution in [-0.4, -0.2) is 42.2 Å². The molecule has 0 fully saturated rings. The second kappa shape index (κ2) is 14.5. The van der Waals surface area contributed by atoms with Gasteiger partial charge in [-0.1, -0.05) is 32.6 Å². The predicted molar refractivity (Wildman–Crippen MR) is 79.5 cm³/mol. The molecule has 1 atom stereocenters. The van der Waals surface area contributed by atoms with Gasteiger partial charge in [0.1, 0.15) is 0 Å². The topological polar surface area (TPSA) is 101 Å². The molecule has 0 aromatic carbocycles. The minimum absolute atomic E-state index is 0. The monoisotopic (exact) mass is 324 g/mol. The van der Waals surface area contributed by atoms with Gasteiger partial charge in [-0.25, -0.2) is 0 Å². The number of rotatable bonds is 13. The molecule has 0 aliphatic carbocycles. The summed E-state index contributed by atoms with van der Waals surface area (Å²) < 4.78 is 0. The van der Waals surface area contributed by atoms with Crippen LogP contribution in [0.4, 0.5) is 0 Å². The number of hydrogen-bond acceptors (Lipinski definition) is 5. The summed E-state index contributed by atoms with van der Waals surface area (Å²) in [5, 5.41) is 25.3. The van der Waals surface area contributed by atoms with Gasteiger partial charge in [0.2, 0.25) is 5.91 Å². The molecule has 7 heteroatoms. The standard InChI is InChI=1S/C15H30N2O4.Na/c1-3-4-5-6-7-8-13(19)16-10-9-15(2,14(20)21)17-11-12-18;/h17-18H,3-12H2,1-2H3,(H,16,19)(H,20,21);/q;+1/p-1. The van der Waals surface area contributed by atoms with Crippen LogP contribution in [0.15, 0.2) is 0 Å². The van der Waals surface area contributed by atoms with Crippen molar-refractivity contribution in [1.82, 2.24) is 10.6 Å². The van der Waals surface area contributed by atoms with Crippen molar-refractivity contribution in [3.63, 3.8) is 0 Å². The summed E-state index contributed by atoms with van der Waals surface area (Å²) in [6.45, 7) is 3.94. The minimum atomic E-state index is -1.24. The average molecular weight is 324 g/mol. The molecule has 0 rings (SSSR count). The zero-order chi connectivity index (χ0) is 16.1. The van der Waals surface area contributed by atoms with Crippen molar-refractivity contribution in [1.29, 1.82) is 0 Å².